The number of rotatable bonds is 8. The number of hydrogen-bond donors (Lipinski definition) is 3. The Hall–Kier alpha value is -3.72. The zero-order chi connectivity index (χ0) is 32.2. The maximum absolute atomic E-state index is 13.9. The van der Waals surface area contributed by atoms with E-state index in [0.717, 1.165) is 71.1 Å². The molecule has 13 nitrogen and oxygen atoms in total. The molecule has 0 aromatic heterocycles. The number of benzene rings is 2. The Labute approximate surface area is 262 Å². The maximum atomic E-state index is 13.9. The second-order valence-electron chi connectivity index (χ2n) is 13.7. The van der Waals surface area contributed by atoms with Crippen molar-refractivity contribution in [1.29, 1.82) is 0 Å². The summed E-state index contributed by atoms with van der Waals surface area (Å²) in [6, 6.07) is 9.30. The van der Waals surface area contributed by atoms with Gasteiger partial charge in [-0.25, -0.2) is 9.10 Å². The van der Waals surface area contributed by atoms with Gasteiger partial charge >= 0.3 is 16.2 Å². The second-order valence-corrected chi connectivity index (χ2v) is 15.6. The van der Waals surface area contributed by atoms with Crippen LogP contribution in [0.3, 0.4) is 0 Å². The number of carbonyl (C=O) groups excluding carboxylic acids is 2. The summed E-state index contributed by atoms with van der Waals surface area (Å²) < 4.78 is 32.0. The van der Waals surface area contributed by atoms with Crippen LogP contribution in [-0.4, -0.2) is 122 Å². The molecule has 0 radical (unpaired) electrons. The summed E-state index contributed by atoms with van der Waals surface area (Å²) in [6.45, 7) is 9.88. The monoisotopic (exact) mass is 640 g/mol. The molecule has 14 heteroatoms. The molecule has 0 unspecified atom stereocenters. The Morgan fingerprint density at radius 2 is 1.69 bits per heavy atom. The van der Waals surface area contributed by atoms with Crippen molar-refractivity contribution in [2.45, 2.75) is 32.5 Å². The van der Waals surface area contributed by atoms with Crippen molar-refractivity contribution in [2.24, 2.45) is 17.6 Å². The summed E-state index contributed by atoms with van der Waals surface area (Å²) in [7, 11) is -2.55. The largest absolute Gasteiger partial charge is 0.477 e. The Kier molecular flexibility index (Phi) is 6.58. The summed E-state index contributed by atoms with van der Waals surface area (Å²) in [5.74, 6) is -3.19. The molecule has 4 atom stereocenters. The molecule has 0 spiro atoms. The third-order valence-corrected chi connectivity index (χ3v) is 13.0. The summed E-state index contributed by atoms with van der Waals surface area (Å²) in [6.07, 6.45) is -0.948. The number of nitrogens with two attached hydrogens (primary N) is 1. The number of anilines is 2. The molecule has 2 bridgehead atoms. The van der Waals surface area contributed by atoms with Gasteiger partial charge in [-0.1, -0.05) is 25.1 Å². The van der Waals surface area contributed by atoms with Gasteiger partial charge in [0, 0.05) is 23.9 Å². The Morgan fingerprint density at radius 1 is 1.07 bits per heavy atom. The Morgan fingerprint density at radius 3 is 2.29 bits per heavy atom. The molecule has 0 saturated carbocycles. The molecule has 6 aliphatic heterocycles. The molecule has 2 aromatic carbocycles. The number of fused-ring (bicyclic) bond motifs is 7. The lowest BCUT2D eigenvalue weighted by Gasteiger charge is -2.55. The predicted molar refractivity (Wildman–Crippen MR) is 166 cm³/mol. The fourth-order valence-corrected chi connectivity index (χ4v) is 10.1. The molecular formula is C31H40N6O7S+2. The van der Waals surface area contributed by atoms with Crippen molar-refractivity contribution in [1.82, 2.24) is 4.90 Å². The number of amides is 2. The molecule has 2 amide bonds. The van der Waals surface area contributed by atoms with E-state index in [2.05, 4.69) is 12.1 Å². The number of nitrogens with zero attached hydrogens (tertiary/aromatic N) is 5. The van der Waals surface area contributed by atoms with Crippen LogP contribution in [0.15, 0.2) is 41.6 Å². The standard InChI is InChI=1S/C31H38N6O7S/c1-18-23(29(31(41)42)35-27(18)26(19(2)38)30(35)40)15-34-24-7-6-21-5-4-20(14-22(21)28(24)33(3)45(34,43)44)16-36-8-11-37(12-9-36,13-10-36)17-25(32)39/h4-7,14,18-19,26-27,38H,8-13,15-17H2,1-3H3,(H-2,32,39,41,42)/p+2/t18-,19+,26+,27+,36?,37?/m0/s1. The van der Waals surface area contributed by atoms with Crippen LogP contribution in [0.1, 0.15) is 19.4 Å². The first-order valence-electron chi connectivity index (χ1n) is 15.5. The van der Waals surface area contributed by atoms with Crippen molar-refractivity contribution in [3.63, 3.8) is 0 Å². The molecular weight excluding hydrogens is 600 g/mol. The molecule has 4 N–H and O–H groups in total. The van der Waals surface area contributed by atoms with Gasteiger partial charge in [-0.2, -0.15) is 8.42 Å². The third-order valence-electron chi connectivity index (χ3n) is 11.2. The number of carboxylic acid groups (broad SMARTS) is 1. The van der Waals surface area contributed by atoms with Crippen LogP contribution in [0.25, 0.3) is 10.8 Å². The molecule has 2 aromatic rings. The average molecular weight is 641 g/mol. The number of piperazine rings is 3. The van der Waals surface area contributed by atoms with E-state index >= 15 is 0 Å². The summed E-state index contributed by atoms with van der Waals surface area (Å²) in [5, 5.41) is 22.0. The van der Waals surface area contributed by atoms with Crippen LogP contribution >= 0.6 is 0 Å². The highest BCUT2D eigenvalue weighted by Gasteiger charge is 2.60. The summed E-state index contributed by atoms with van der Waals surface area (Å²) >= 11 is 0. The number of β-lactam (4-membered cyclic amide) rings is 1. The molecule has 6 aliphatic rings. The molecule has 240 valence electrons. The number of primary amides is 1. The highest BCUT2D eigenvalue weighted by molar-refractivity contribution is 7.94. The van der Waals surface area contributed by atoms with E-state index in [1.807, 2.05) is 12.1 Å². The minimum atomic E-state index is -4.06. The number of carbonyl (C=O) groups is 3. The average Bonchev–Trinajstić information content (AvgIpc) is 3.33. The van der Waals surface area contributed by atoms with Crippen LogP contribution < -0.4 is 14.3 Å². The molecule has 8 rings (SSSR count). The number of aliphatic carboxylic acids is 1. The van der Waals surface area contributed by atoms with E-state index in [4.69, 9.17) is 5.73 Å². The number of quaternary nitrogens is 2. The molecule has 0 aliphatic carbocycles. The van der Waals surface area contributed by atoms with Crippen molar-refractivity contribution < 1.29 is 42.0 Å². The molecule has 4 saturated heterocycles. The van der Waals surface area contributed by atoms with Crippen molar-refractivity contribution in [2.75, 3.05) is 68.0 Å². The van der Waals surface area contributed by atoms with Gasteiger partial charge in [0.15, 0.2) is 6.54 Å². The molecule has 6 heterocycles. The molecule has 45 heavy (non-hydrogen) atoms. The first kappa shape index (κ1) is 30.0. The van der Waals surface area contributed by atoms with Crippen LogP contribution in [0.4, 0.5) is 11.4 Å². The van der Waals surface area contributed by atoms with E-state index in [9.17, 15) is 33.0 Å². The van der Waals surface area contributed by atoms with Crippen LogP contribution in [0.5, 0.6) is 0 Å². The van der Waals surface area contributed by atoms with E-state index in [1.165, 1.54) is 27.5 Å². The van der Waals surface area contributed by atoms with Gasteiger partial charge in [0.1, 0.15) is 51.5 Å². The van der Waals surface area contributed by atoms with Crippen molar-refractivity contribution >= 4 is 50.1 Å². The number of aliphatic hydroxyl groups is 1. The lowest BCUT2D eigenvalue weighted by Crippen LogP contribution is -2.75. The van der Waals surface area contributed by atoms with Crippen LogP contribution in [0.2, 0.25) is 0 Å². The number of aliphatic hydroxyl groups excluding tert-OH is 1. The van der Waals surface area contributed by atoms with Gasteiger partial charge in [0.25, 0.3) is 5.91 Å². The number of hydrogen-bond acceptors (Lipinski definition) is 6. The van der Waals surface area contributed by atoms with E-state index in [-0.39, 0.29) is 18.1 Å². The van der Waals surface area contributed by atoms with Crippen LogP contribution in [-0.2, 0) is 31.1 Å². The van der Waals surface area contributed by atoms with Crippen LogP contribution in [0, 0.1) is 11.8 Å². The second kappa shape index (κ2) is 9.89. The fraction of sp³-hybridized carbons (Fsp3) is 0.516. The van der Waals surface area contributed by atoms with Crippen molar-refractivity contribution in [3.05, 3.63) is 47.2 Å². The Bertz CT molecular complexity index is 1780. The highest BCUT2D eigenvalue weighted by Crippen LogP contribution is 2.50. The first-order valence-corrected chi connectivity index (χ1v) is 16.9. The van der Waals surface area contributed by atoms with Gasteiger partial charge in [-0.15, -0.1) is 0 Å². The van der Waals surface area contributed by atoms with E-state index in [1.54, 1.807) is 13.0 Å². The van der Waals surface area contributed by atoms with Gasteiger partial charge in [-0.05, 0) is 30.0 Å². The van der Waals surface area contributed by atoms with E-state index in [0.29, 0.717) is 23.5 Å². The Balaban J connectivity index is 1.22. The predicted octanol–water partition coefficient (Wildman–Crippen LogP) is 0.183. The zero-order valence-electron chi connectivity index (χ0n) is 25.7. The lowest BCUT2D eigenvalue weighted by atomic mass is 9.78. The highest BCUT2D eigenvalue weighted by atomic mass is 32.2. The minimum Gasteiger partial charge on any atom is -0.477 e. The summed E-state index contributed by atoms with van der Waals surface area (Å²) in [5.41, 5.74) is 7.78. The van der Waals surface area contributed by atoms with Gasteiger partial charge in [-0.3, -0.25) is 13.9 Å². The van der Waals surface area contributed by atoms with Gasteiger partial charge < -0.3 is 29.8 Å². The lowest BCUT2D eigenvalue weighted by molar-refractivity contribution is -1.08. The number of carboxylic acids is 1. The maximum Gasteiger partial charge on any atom is 0.352 e. The molecule has 4 fully saturated rings. The third kappa shape index (κ3) is 4.29. The topological polar surface area (TPSA) is 162 Å². The van der Waals surface area contributed by atoms with E-state index < -0.39 is 46.1 Å². The normalized spacial score (nSPS) is 32.1. The minimum absolute atomic E-state index is 0.195. The van der Waals surface area contributed by atoms with Gasteiger partial charge in [0.05, 0.1) is 36.0 Å². The quantitative estimate of drug-likeness (QED) is 0.274. The fourth-order valence-electron chi connectivity index (χ4n) is 8.67. The smallest absolute Gasteiger partial charge is 0.352 e. The SMILES string of the molecule is C[C@@H](O)[C@H]1C(=O)N2C(C(=O)O)=C(CN3c4ccc5ccc(C[N+]67CC[N+](CC(N)=O)(CC6)CC7)cc5c4N(C)S3(=O)=O)[C@H](C)[C@H]12. The van der Waals surface area contributed by atoms with Crippen molar-refractivity contribution in [3.8, 4) is 0 Å². The summed E-state index contributed by atoms with van der Waals surface area (Å²) in [4.78, 5) is 38.1. The first-order chi connectivity index (χ1) is 21.2. The van der Waals surface area contributed by atoms with Gasteiger partial charge in [0.2, 0.25) is 5.91 Å². The zero-order valence-corrected chi connectivity index (χ0v) is 26.5.